The molecule has 11 aliphatic heterocycles. The number of Topliss-reactive ketones (excluding diaryl/α,β-unsaturated/α-hetero) is 2. The Morgan fingerprint density at radius 1 is 0.291 bits per heavy atom. The lowest BCUT2D eigenvalue weighted by molar-refractivity contribution is -0.317. The minimum Gasteiger partial charge on any atom is -0.468 e. The highest BCUT2D eigenvalue weighted by Crippen LogP contribution is 2.75. The summed E-state index contributed by atoms with van der Waals surface area (Å²) >= 11 is 0. The summed E-state index contributed by atoms with van der Waals surface area (Å²) in [5.74, 6) is -48.0. The molecule has 584 valence electrons. The Balaban J connectivity index is 0.000000132. The van der Waals surface area contributed by atoms with Crippen LogP contribution in [0.1, 0.15) is 39.5 Å². The molecule has 5 saturated carbocycles. The first-order valence-corrected chi connectivity index (χ1v) is 30.8. The predicted octanol–water partition coefficient (Wildman–Crippen LogP) is -8.13. The number of ether oxygens (including phenoxy) is 18. The number of esters is 26. The summed E-state index contributed by atoms with van der Waals surface area (Å²) in [5.41, 5.74) is -20.1. The lowest BCUT2D eigenvalue weighted by atomic mass is 9.38. The molecule has 0 radical (unpaired) electrons. The van der Waals surface area contributed by atoms with Crippen LogP contribution in [-0.4, -0.2) is 238 Å². The molecule has 0 spiro atoms. The van der Waals surface area contributed by atoms with E-state index in [1.165, 1.54) is 7.11 Å². The molecule has 46 nitrogen and oxygen atoms in total. The normalized spacial score (nSPS) is 39.5. The average molecular weight is 1570 g/mol. The summed E-state index contributed by atoms with van der Waals surface area (Å²) in [5, 5.41) is 0. The Morgan fingerprint density at radius 2 is 0.527 bits per heavy atom. The van der Waals surface area contributed by atoms with Crippen molar-refractivity contribution in [1.29, 1.82) is 0 Å². The van der Waals surface area contributed by atoms with Gasteiger partial charge in [0.25, 0.3) is 0 Å². The van der Waals surface area contributed by atoms with Crippen LogP contribution in [0.3, 0.4) is 0 Å². The van der Waals surface area contributed by atoms with E-state index in [0.717, 1.165) is 49.4 Å². The highest BCUT2D eigenvalue weighted by atomic mass is 19.4. The van der Waals surface area contributed by atoms with E-state index in [-0.39, 0.29) is 25.7 Å². The molecular formula is C61H43F3O46. The standard InChI is InChI=1S/C12H8O10.C12H8O8.C10H5F3O7.C10H8O8.C9H6O7.C8H8O6/c1-19-7(15)11-3(5(13)21-9(11)17)12(8(16)20-2)4(11)6(14)22-10(12)18;1-3(13)11-5(7(15)19-9(11)17)12(4(2)14)6(11)8(16)20-10(12)18;1-18-9-2-4(14)19-6(16)8(2,10(11,12)13)3(9)5(15)20-7(9)17;1-15-9-3(5(11)17-7(9)13)10(16-2)4(9)6(12)18-8(10)14;1-14-9-3-2(5(10)15-6(3)11)4(9)7(12)16-8(9)13;9-5-1-2-6(10)14-8(12)4-3-7(11)13-5/h3-4H,1-2H3;5-6H,1-2H3;2-3H,1H3;3-4H,1-2H3;2-4H,1H3;1-4H2. The molecule has 110 heavy (non-hydrogen) atoms. The van der Waals surface area contributed by atoms with Gasteiger partial charge in [0.1, 0.15) is 70.7 Å². The van der Waals surface area contributed by atoms with Crippen molar-refractivity contribution in [2.45, 2.75) is 68.1 Å². The predicted molar refractivity (Wildman–Crippen MR) is 293 cm³/mol. The monoisotopic (exact) mass is 1570 g/mol. The molecule has 0 aromatic carbocycles. The van der Waals surface area contributed by atoms with Gasteiger partial charge < -0.3 is 85.3 Å². The summed E-state index contributed by atoms with van der Waals surface area (Å²) in [7, 11) is 6.20. The third kappa shape index (κ3) is 8.98. The number of halogens is 3. The van der Waals surface area contributed by atoms with E-state index < -0.39 is 288 Å². The highest BCUT2D eigenvalue weighted by molar-refractivity contribution is 6.31. The number of rotatable bonds is 8. The number of ketones is 2. The molecule has 0 aromatic rings. The van der Waals surface area contributed by atoms with Crippen LogP contribution in [-0.2, 0) is 220 Å². The van der Waals surface area contributed by atoms with Gasteiger partial charge in [-0.3, -0.25) is 115 Å². The van der Waals surface area contributed by atoms with Crippen LogP contribution >= 0.6 is 0 Å². The molecule has 0 bridgehead atoms. The molecule has 0 aromatic heterocycles. The number of carbonyl (C=O) groups is 28. The van der Waals surface area contributed by atoms with Crippen LogP contribution in [0.25, 0.3) is 0 Å². The lowest BCUT2D eigenvalue weighted by Crippen LogP contribution is -2.78. The first-order chi connectivity index (χ1) is 51.3. The molecule has 5 aliphatic carbocycles. The van der Waals surface area contributed by atoms with Crippen molar-refractivity contribution >= 4 is 167 Å². The molecule has 0 amide bonds. The Labute approximate surface area is 601 Å². The average Bonchev–Trinajstić information content (AvgIpc) is 1.47. The second-order valence-electron chi connectivity index (χ2n) is 25.7. The van der Waals surface area contributed by atoms with Crippen LogP contribution in [0.15, 0.2) is 0 Å². The summed E-state index contributed by atoms with van der Waals surface area (Å²) in [6.45, 7) is 2.01. The molecule has 49 heteroatoms. The molecule has 16 fully saturated rings. The Bertz CT molecular complexity index is 4320. The fourth-order valence-electron chi connectivity index (χ4n) is 17.5. The van der Waals surface area contributed by atoms with Crippen molar-refractivity contribution in [3.63, 3.8) is 0 Å². The Hall–Kier alpha value is -12.4. The van der Waals surface area contributed by atoms with E-state index in [0.29, 0.717) is 0 Å². The fraction of sp³-hybridized carbons (Fsp3) is 0.541. The first kappa shape index (κ1) is 78.7. The molecule has 8 unspecified atom stereocenters. The molecular weight excluding hydrogens is 1530 g/mol. The minimum absolute atomic E-state index is 0.252. The maximum atomic E-state index is 13.3. The third-order valence-electron chi connectivity index (χ3n) is 21.9. The smallest absolute Gasteiger partial charge is 0.406 e. The van der Waals surface area contributed by atoms with Gasteiger partial charge in [-0.15, -0.1) is 0 Å². The van der Waals surface area contributed by atoms with E-state index in [2.05, 4.69) is 71.1 Å². The number of cyclic esters (lactones) is 24. The Kier molecular flexibility index (Phi) is 18.1. The highest BCUT2D eigenvalue weighted by Gasteiger charge is 2.99. The summed E-state index contributed by atoms with van der Waals surface area (Å²) in [6.07, 6.45) is -6.28. The van der Waals surface area contributed by atoms with Gasteiger partial charge in [-0.05, 0) is 13.8 Å². The van der Waals surface area contributed by atoms with Crippen molar-refractivity contribution < 1.29 is 233 Å². The SMILES string of the molecule is CC(=O)C12C(=O)OC(=O)C1C1(C(C)=O)C(=O)OC(=O)C21.COC(=O)C12C(=O)OC(=O)C1C1(C(=O)OC)C(=O)OC(=O)C21.COC12C(=O)OC(=O)C1C1(C(F)(F)F)C(=O)OC(=O)C21.COC12C(=O)OC(=O)C1C1(OC)C(=O)OC(=O)C21.COC12C(=O)OC(=O)C1C1C(=O)OC(=O)C12.O=C1CCC(=O)OC(=O)CCC(=O)O1. The number of carbonyl (C=O) groups excluding carboxylic acids is 28. The largest absolute Gasteiger partial charge is 0.468 e. The maximum absolute atomic E-state index is 13.3. The summed E-state index contributed by atoms with van der Waals surface area (Å²) in [4.78, 5) is 325. The van der Waals surface area contributed by atoms with Gasteiger partial charge in [0.15, 0.2) is 49.5 Å². The molecule has 16 aliphatic rings. The zero-order valence-electron chi connectivity index (χ0n) is 56.1. The van der Waals surface area contributed by atoms with Gasteiger partial charge in [0, 0.05) is 28.4 Å². The van der Waals surface area contributed by atoms with Crippen molar-refractivity contribution in [2.24, 2.45) is 92.2 Å². The van der Waals surface area contributed by atoms with Crippen LogP contribution in [0, 0.1) is 92.2 Å². The first-order valence-electron chi connectivity index (χ1n) is 30.8. The van der Waals surface area contributed by atoms with Crippen molar-refractivity contribution in [2.75, 3.05) is 42.7 Å². The van der Waals surface area contributed by atoms with E-state index in [1.54, 1.807) is 0 Å². The van der Waals surface area contributed by atoms with Gasteiger partial charge in [0.05, 0.1) is 45.8 Å². The van der Waals surface area contributed by atoms with Gasteiger partial charge in [0.2, 0.25) is 0 Å². The van der Waals surface area contributed by atoms with E-state index in [4.69, 9.17) is 14.2 Å². The summed E-state index contributed by atoms with van der Waals surface area (Å²) < 4.78 is 120. The van der Waals surface area contributed by atoms with Crippen molar-refractivity contribution in [1.82, 2.24) is 0 Å². The molecule has 16 rings (SSSR count). The quantitative estimate of drug-likeness (QED) is 0.124. The lowest BCUT2D eigenvalue weighted by Gasteiger charge is -2.53. The van der Waals surface area contributed by atoms with Crippen LogP contribution in [0.4, 0.5) is 13.2 Å². The summed E-state index contributed by atoms with van der Waals surface area (Å²) in [6, 6.07) is 0. The van der Waals surface area contributed by atoms with Crippen LogP contribution in [0.5, 0.6) is 0 Å². The topological polar surface area (TPSA) is 644 Å². The molecule has 11 heterocycles. The number of methoxy groups -OCH3 is 6. The maximum Gasteiger partial charge on any atom is 0.406 e. The fourth-order valence-corrected chi connectivity index (χ4v) is 17.5. The van der Waals surface area contributed by atoms with Crippen LogP contribution < -0.4 is 0 Å². The van der Waals surface area contributed by atoms with Gasteiger partial charge >= 0.3 is 161 Å². The zero-order chi connectivity index (χ0) is 82.1. The number of hydrogen-bond acceptors (Lipinski definition) is 46. The zero-order valence-corrected chi connectivity index (χ0v) is 56.1. The van der Waals surface area contributed by atoms with Crippen molar-refractivity contribution in [3.05, 3.63) is 0 Å². The number of fused-ring (bicyclic) bond motifs is 20. The van der Waals surface area contributed by atoms with Gasteiger partial charge in [-0.25, -0.2) is 19.2 Å². The van der Waals surface area contributed by atoms with Gasteiger partial charge in [-0.2, -0.15) is 13.2 Å². The minimum atomic E-state index is -5.27. The molecule has 0 N–H and O–H groups in total. The second-order valence-corrected chi connectivity index (χ2v) is 25.7. The van der Waals surface area contributed by atoms with E-state index in [9.17, 15) is 147 Å². The molecule has 8 atom stereocenters. The number of alkyl halides is 3. The van der Waals surface area contributed by atoms with E-state index >= 15 is 0 Å². The van der Waals surface area contributed by atoms with E-state index in [1.807, 2.05) is 0 Å². The van der Waals surface area contributed by atoms with Gasteiger partial charge in [-0.1, -0.05) is 0 Å². The second kappa shape index (κ2) is 25.4. The third-order valence-corrected chi connectivity index (χ3v) is 21.9. The molecule has 11 saturated heterocycles. The number of hydrogen-bond donors (Lipinski definition) is 0. The van der Waals surface area contributed by atoms with Crippen LogP contribution in [0.2, 0.25) is 0 Å². The van der Waals surface area contributed by atoms with Crippen molar-refractivity contribution in [3.8, 4) is 0 Å². The Morgan fingerprint density at radius 3 is 0.818 bits per heavy atom.